The van der Waals surface area contributed by atoms with E-state index in [0.29, 0.717) is 17.3 Å². The molecule has 102 valence electrons. The third kappa shape index (κ3) is 2.16. The van der Waals surface area contributed by atoms with Crippen LogP contribution in [0.25, 0.3) is 0 Å². The van der Waals surface area contributed by atoms with Crippen molar-refractivity contribution < 1.29 is 4.79 Å². The Morgan fingerprint density at radius 1 is 1.35 bits per heavy atom. The first-order valence-electron chi connectivity index (χ1n) is 6.45. The highest BCUT2D eigenvalue weighted by atomic mass is 16.2. The average molecular weight is 269 g/mol. The van der Waals surface area contributed by atoms with Crippen LogP contribution in [0.4, 0.5) is 5.69 Å². The van der Waals surface area contributed by atoms with Gasteiger partial charge < -0.3 is 5.73 Å². The number of para-hydroxylation sites is 1. The number of hydrogen-bond acceptors (Lipinski definition) is 3. The van der Waals surface area contributed by atoms with E-state index in [1.165, 1.54) is 4.90 Å². The predicted molar refractivity (Wildman–Crippen MR) is 75.7 cm³/mol. The van der Waals surface area contributed by atoms with Gasteiger partial charge in [0.05, 0.1) is 11.9 Å². The lowest BCUT2D eigenvalue weighted by Crippen LogP contribution is -2.42. The molecule has 20 heavy (non-hydrogen) atoms. The van der Waals surface area contributed by atoms with Crippen molar-refractivity contribution in [2.75, 3.05) is 4.90 Å². The second-order valence-corrected chi connectivity index (χ2v) is 4.84. The quantitative estimate of drug-likeness (QED) is 0.585. The second-order valence-electron chi connectivity index (χ2n) is 4.84. The maximum atomic E-state index is 12.6. The van der Waals surface area contributed by atoms with Crippen molar-refractivity contribution in [1.82, 2.24) is 10.2 Å². The average Bonchev–Trinajstić information content (AvgIpc) is 3.17. The van der Waals surface area contributed by atoms with Gasteiger partial charge in [-0.15, -0.1) is 0 Å². The maximum Gasteiger partial charge on any atom is 0.283 e. The van der Waals surface area contributed by atoms with Crippen molar-refractivity contribution >= 4 is 17.6 Å². The molecular weight excluding hydrogens is 254 g/mol. The highest BCUT2D eigenvalue weighted by Gasteiger charge is 2.32. The summed E-state index contributed by atoms with van der Waals surface area (Å²) in [6.45, 7) is 0. The monoisotopic (exact) mass is 269 g/mol. The molecular formula is C14H15N5O. The van der Waals surface area contributed by atoms with Crippen molar-refractivity contribution in [3.63, 3.8) is 0 Å². The minimum Gasteiger partial charge on any atom is -0.369 e. The first-order chi connectivity index (χ1) is 9.68. The summed E-state index contributed by atoms with van der Waals surface area (Å²) in [5.41, 5.74) is 7.48. The van der Waals surface area contributed by atoms with E-state index in [-0.39, 0.29) is 11.9 Å². The van der Waals surface area contributed by atoms with Gasteiger partial charge in [0, 0.05) is 5.56 Å². The number of nitrogens with two attached hydrogens (primary N) is 1. The van der Waals surface area contributed by atoms with Gasteiger partial charge in [-0.05, 0) is 30.9 Å². The van der Waals surface area contributed by atoms with Gasteiger partial charge in [-0.3, -0.25) is 15.3 Å². The fourth-order valence-electron chi connectivity index (χ4n) is 2.23. The number of nitrogens with one attached hydrogen (secondary N) is 2. The Hall–Kier alpha value is -2.63. The number of aromatic amines is 1. The molecule has 0 radical (unpaired) electrons. The van der Waals surface area contributed by atoms with E-state index >= 15 is 0 Å². The largest absolute Gasteiger partial charge is 0.369 e. The lowest BCUT2D eigenvalue weighted by Gasteiger charge is -2.20. The SMILES string of the molecule is N=C(N)N(C(=O)c1[nH]ncc1C1CC1)c1ccccc1. The highest BCUT2D eigenvalue weighted by molar-refractivity contribution is 6.20. The van der Waals surface area contributed by atoms with Crippen molar-refractivity contribution in [2.24, 2.45) is 5.73 Å². The first kappa shape index (κ1) is 12.4. The molecule has 0 saturated heterocycles. The molecule has 1 fully saturated rings. The van der Waals surface area contributed by atoms with Crippen LogP contribution in [0.5, 0.6) is 0 Å². The number of anilines is 1. The minimum absolute atomic E-state index is 0.308. The number of H-pyrrole nitrogens is 1. The molecule has 1 amide bonds. The highest BCUT2D eigenvalue weighted by Crippen LogP contribution is 2.41. The number of aromatic nitrogens is 2. The minimum atomic E-state index is -0.344. The third-order valence-corrected chi connectivity index (χ3v) is 3.36. The van der Waals surface area contributed by atoms with Gasteiger partial charge in [-0.2, -0.15) is 5.10 Å². The number of carbonyl (C=O) groups excluding carboxylic acids is 1. The number of hydrogen-bond donors (Lipinski definition) is 3. The van der Waals surface area contributed by atoms with Gasteiger partial charge in [0.1, 0.15) is 5.69 Å². The summed E-state index contributed by atoms with van der Waals surface area (Å²) in [5, 5.41) is 14.4. The standard InChI is InChI=1S/C14H15N5O/c15-14(16)19(10-4-2-1-3-5-10)13(20)12-11(8-17-18-12)9-6-7-9/h1-5,8-9H,6-7H2,(H3,15,16)(H,17,18). The molecule has 0 spiro atoms. The lowest BCUT2D eigenvalue weighted by molar-refractivity contribution is 0.0996. The molecule has 3 rings (SSSR count). The molecule has 1 saturated carbocycles. The number of carbonyl (C=O) groups is 1. The molecule has 2 aromatic rings. The van der Waals surface area contributed by atoms with Crippen LogP contribution >= 0.6 is 0 Å². The second kappa shape index (κ2) is 4.80. The van der Waals surface area contributed by atoms with Gasteiger partial charge in [0.2, 0.25) is 0 Å². The first-order valence-corrected chi connectivity index (χ1v) is 6.45. The summed E-state index contributed by atoms with van der Waals surface area (Å²) in [7, 11) is 0. The van der Waals surface area contributed by atoms with Crippen molar-refractivity contribution in [3.05, 3.63) is 47.8 Å². The lowest BCUT2D eigenvalue weighted by atomic mass is 10.1. The molecule has 1 aliphatic carbocycles. The normalized spacial score (nSPS) is 14.0. The molecule has 0 unspecified atom stereocenters. The molecule has 1 heterocycles. The van der Waals surface area contributed by atoms with Crippen molar-refractivity contribution in [1.29, 1.82) is 5.41 Å². The molecule has 1 aromatic heterocycles. The van der Waals surface area contributed by atoms with Gasteiger partial charge in [0.15, 0.2) is 5.96 Å². The Labute approximate surface area is 116 Å². The van der Waals surface area contributed by atoms with E-state index in [1.54, 1.807) is 30.5 Å². The van der Waals surface area contributed by atoms with E-state index in [4.69, 9.17) is 11.1 Å². The number of amides is 1. The molecule has 4 N–H and O–H groups in total. The van der Waals surface area contributed by atoms with Crippen LogP contribution in [0.3, 0.4) is 0 Å². The number of guanidine groups is 1. The Morgan fingerprint density at radius 2 is 2.05 bits per heavy atom. The van der Waals surface area contributed by atoms with Crippen LogP contribution in [0.2, 0.25) is 0 Å². The zero-order chi connectivity index (χ0) is 14.1. The van der Waals surface area contributed by atoms with Crippen LogP contribution in [0, 0.1) is 5.41 Å². The molecule has 1 aliphatic rings. The van der Waals surface area contributed by atoms with Gasteiger partial charge in [-0.1, -0.05) is 18.2 Å². The van der Waals surface area contributed by atoms with E-state index in [2.05, 4.69) is 10.2 Å². The fourth-order valence-corrected chi connectivity index (χ4v) is 2.23. The van der Waals surface area contributed by atoms with Crippen LogP contribution in [-0.2, 0) is 0 Å². The Balaban J connectivity index is 1.97. The van der Waals surface area contributed by atoms with E-state index < -0.39 is 0 Å². The number of nitrogens with zero attached hydrogens (tertiary/aromatic N) is 2. The summed E-state index contributed by atoms with van der Waals surface area (Å²) < 4.78 is 0. The number of rotatable bonds is 3. The van der Waals surface area contributed by atoms with Crippen LogP contribution in [0.1, 0.15) is 34.8 Å². The third-order valence-electron chi connectivity index (χ3n) is 3.36. The van der Waals surface area contributed by atoms with Crippen LogP contribution < -0.4 is 10.6 Å². The molecule has 0 aliphatic heterocycles. The fraction of sp³-hybridized carbons (Fsp3) is 0.214. The summed E-state index contributed by atoms with van der Waals surface area (Å²) in [6.07, 6.45) is 3.84. The zero-order valence-electron chi connectivity index (χ0n) is 10.8. The van der Waals surface area contributed by atoms with E-state index in [9.17, 15) is 4.79 Å². The molecule has 0 atom stereocenters. The van der Waals surface area contributed by atoms with Crippen molar-refractivity contribution in [2.45, 2.75) is 18.8 Å². The summed E-state index contributed by atoms with van der Waals surface area (Å²) in [6, 6.07) is 8.93. The summed E-state index contributed by atoms with van der Waals surface area (Å²) in [5.74, 6) is -0.252. The van der Waals surface area contributed by atoms with Crippen LogP contribution in [-0.4, -0.2) is 22.1 Å². The van der Waals surface area contributed by atoms with E-state index in [0.717, 1.165) is 18.4 Å². The van der Waals surface area contributed by atoms with Gasteiger partial charge in [-0.25, -0.2) is 4.90 Å². The molecule has 6 heteroatoms. The Bertz CT molecular complexity index is 645. The molecule has 1 aromatic carbocycles. The maximum absolute atomic E-state index is 12.6. The summed E-state index contributed by atoms with van der Waals surface area (Å²) >= 11 is 0. The number of benzene rings is 1. The zero-order valence-corrected chi connectivity index (χ0v) is 10.8. The topological polar surface area (TPSA) is 98.9 Å². The van der Waals surface area contributed by atoms with Gasteiger partial charge in [0.25, 0.3) is 5.91 Å². The Morgan fingerprint density at radius 3 is 2.65 bits per heavy atom. The van der Waals surface area contributed by atoms with Crippen LogP contribution in [0.15, 0.2) is 36.5 Å². The molecule has 6 nitrogen and oxygen atoms in total. The van der Waals surface area contributed by atoms with Gasteiger partial charge >= 0.3 is 0 Å². The molecule has 0 bridgehead atoms. The Kier molecular flexibility index (Phi) is 2.98. The van der Waals surface area contributed by atoms with E-state index in [1.807, 2.05) is 6.07 Å². The summed E-state index contributed by atoms with van der Waals surface area (Å²) in [4.78, 5) is 13.8. The smallest absolute Gasteiger partial charge is 0.283 e. The predicted octanol–water partition coefficient (Wildman–Crippen LogP) is 1.83. The van der Waals surface area contributed by atoms with Crippen molar-refractivity contribution in [3.8, 4) is 0 Å².